The van der Waals surface area contributed by atoms with Crippen molar-refractivity contribution < 1.29 is 683 Å². The van der Waals surface area contributed by atoms with Gasteiger partial charge in [0.25, 0.3) is 0 Å². The maximum atomic E-state index is 12.7. The molecule has 0 aliphatic carbocycles. The second kappa shape index (κ2) is 60.0. The van der Waals surface area contributed by atoms with Gasteiger partial charge in [-0.05, 0) is 0 Å². The first kappa shape index (κ1) is 150. The van der Waals surface area contributed by atoms with Gasteiger partial charge >= 0.3 is 414 Å². The Hall–Kier alpha value is 11.9. The van der Waals surface area contributed by atoms with Crippen LogP contribution in [0.3, 0.4) is 0 Å². The van der Waals surface area contributed by atoms with Crippen LogP contribution >= 0.6 is 0 Å². The van der Waals surface area contributed by atoms with Gasteiger partial charge in [0.05, 0.1) is 26.4 Å². The zero-order valence-electron chi connectivity index (χ0n) is 59.9. The van der Waals surface area contributed by atoms with Gasteiger partial charge in [-0.1, -0.05) is 0 Å². The van der Waals surface area contributed by atoms with E-state index in [2.05, 4.69) is 54.4 Å². The average molecular weight is 2090 g/mol. The summed E-state index contributed by atoms with van der Waals surface area (Å²) in [6.07, 6.45) is -79.0. The molecule has 0 aromatic rings. The van der Waals surface area contributed by atoms with Gasteiger partial charge in [-0.25, -0.2) is 118 Å². The van der Waals surface area contributed by atoms with E-state index in [1.165, 1.54) is 0 Å². The molecule has 0 bridgehead atoms. The normalized spacial score (nSPS) is 28.5. The van der Waals surface area contributed by atoms with Crippen molar-refractivity contribution in [2.24, 2.45) is 0 Å². The zero-order valence-corrected chi connectivity index (χ0v) is 99.3. The molecule has 4 aliphatic rings. The monoisotopic (exact) mass is 2090 g/mol. The molecule has 0 saturated carbocycles. The number of nitrogens with one attached hydrogen (secondary N) is 1. The number of rotatable bonds is 38. The summed E-state index contributed by atoms with van der Waals surface area (Å²) in [5.74, 6) is 0. The van der Waals surface area contributed by atoms with E-state index in [1.54, 1.807) is 0 Å². The fourth-order valence-corrected chi connectivity index (χ4v) is 14.5. The number of hydrogen-bond acceptors (Lipinski definition) is 62. The Morgan fingerprint density at radius 2 is 0.357 bits per heavy atom. The smallest absolute Gasteiger partial charge is 0.735 e. The molecule has 91 heteroatoms. The molecule has 115 heavy (non-hydrogen) atoms. The molecule has 20 atom stereocenters. The molecule has 0 unspecified atom stereocenters. The first-order valence-corrected chi connectivity index (χ1v) is 41.9. The summed E-state index contributed by atoms with van der Waals surface area (Å²) in [6.45, 7) is -10.00. The predicted molar refractivity (Wildman–Crippen MR) is 256 cm³/mol. The standard InChI is InChI=1S/C24H43NO62S14.14Na/c26-88(27,28)25-21-17(15(83-97(53,54)55)11(81-95(47,48)49)5(72-21)1-68-89(29,30)31)78-23-19(86-100(62,63)64)14(10(80-94(44,45)46)7(74-23)3-70-91(35,36)37)76-22-18(85-99(59,60)61)13(9(79-93(41,42)43)6(73-22)2-69-90(32,33)34)77-24-20(87-101(65,66)67)16(84-98(56,57)58)12(82-96(50,51)52)8(75-24)4-71-92(38,39)40;;;;;;;;;;;;;;/h5-25H,1-4H2,(H,26,27,28)(H,29,30,31)(H,32,33,34)(H,35,36,37)(H,38,39,40)(H,41,42,43)(H,44,45,46)(H,47,48,49)(H,50,51,52)(H,53,54,55)(H,56,57,58)(H,59,60,61)(H,62,63,64)(H,65,66,67);;;;;;;;;;;;;;/q;14*+1/p-14/t5-,6-,7-,8-,9-,10-,11-,12-,13+,14+,15+,16+,17+,18+,19+,20+,21-,22-,23-,24-;;;;;;;;;;;;;;/m1............../s1. The second-order valence-electron chi connectivity index (χ2n) is 18.1. The minimum absolute atomic E-state index is 0. The van der Waals surface area contributed by atoms with E-state index in [0.717, 1.165) is 0 Å². The summed E-state index contributed by atoms with van der Waals surface area (Å²) in [7, 11) is -95.5. The van der Waals surface area contributed by atoms with E-state index in [4.69, 9.17) is 33.2 Å². The van der Waals surface area contributed by atoms with E-state index in [-0.39, 0.29) is 414 Å². The van der Waals surface area contributed by atoms with Crippen LogP contribution in [0.2, 0.25) is 0 Å². The summed E-state index contributed by atoms with van der Waals surface area (Å²) in [6, 6.07) is 0. The maximum absolute atomic E-state index is 12.7. The molecule has 0 radical (unpaired) electrons. The van der Waals surface area contributed by atoms with Crippen LogP contribution in [0.25, 0.3) is 0 Å². The summed E-state index contributed by atoms with van der Waals surface area (Å²) < 4.78 is 596. The first-order valence-electron chi connectivity index (χ1n) is 23.2. The molecule has 4 fully saturated rings. The molecule has 0 spiro atoms. The van der Waals surface area contributed by atoms with Crippen LogP contribution in [0.4, 0.5) is 0 Å². The molecule has 4 saturated heterocycles. The Bertz CT molecular complexity index is 4680. The summed E-state index contributed by atoms with van der Waals surface area (Å²) in [5.41, 5.74) is 0. The van der Waals surface area contributed by atoms with Crippen molar-refractivity contribution in [2.75, 3.05) is 26.4 Å². The van der Waals surface area contributed by atoms with E-state index < -0.39 is 295 Å². The van der Waals surface area contributed by atoms with E-state index in [1.807, 2.05) is 0 Å². The Morgan fingerprint density at radius 3 is 0.548 bits per heavy atom. The van der Waals surface area contributed by atoms with Crippen molar-refractivity contribution in [1.29, 1.82) is 0 Å². The molecular formula is C24H29NNa14O62S14. The van der Waals surface area contributed by atoms with Gasteiger partial charge in [-0.2, -0.15) is 4.72 Å². The third-order valence-corrected chi connectivity index (χ3v) is 17.5. The first-order chi connectivity index (χ1) is 44.7. The van der Waals surface area contributed by atoms with Crippen LogP contribution in [0.1, 0.15) is 0 Å². The average Bonchev–Trinajstić information content (AvgIpc) is 1.63. The SMILES string of the molecule is O=S(=O)([O-])N[C@@H]1O[C@H](COS(=O)(=O)[O-])[C@@H](OS(=O)(=O)[O-])[C@H](OS(=O)(=O)[O-])[C@@H]1O[C@H]1O[C@H](COS(=O)(=O)[O-])[C@@H](OS(=O)(=O)[O-])[C@H](O[C@H]2O[C@H](COS(=O)(=O)[O-])[C@@H](OS(=O)(=O)[O-])[C@H](O[C@H]3O[C@H](COS(=O)(=O)[O-])[C@@H](OS(=O)(=O)[O-])[C@H](OS(=O)(=O)[O-])[C@@H]3OS(=O)(=O)[O-])[C@@H]2OS(=O)(=O)[O-])[C@@H]1OS(=O)(=O)[O-].[Na+].[Na+].[Na+].[Na+].[Na+].[Na+].[Na+].[Na+].[Na+].[Na+].[Na+].[Na+].[Na+].[Na+]. The van der Waals surface area contributed by atoms with Crippen LogP contribution in [-0.2, 0) is 233 Å². The molecule has 4 rings (SSSR count). The van der Waals surface area contributed by atoms with Gasteiger partial charge < -0.3 is 96.9 Å². The Labute approximate surface area is 962 Å². The second-order valence-corrected chi connectivity index (χ2v) is 32.5. The van der Waals surface area contributed by atoms with Gasteiger partial charge in [-0.3, -0.25) is 54.4 Å². The molecular weight excluding hydrogens is 2070 g/mol. The molecule has 0 aromatic carbocycles. The molecule has 0 amide bonds. The van der Waals surface area contributed by atoms with Crippen molar-refractivity contribution in [3.05, 3.63) is 0 Å². The van der Waals surface area contributed by atoms with Crippen LogP contribution in [0.5, 0.6) is 0 Å². The van der Waals surface area contributed by atoms with Gasteiger partial charge in [-0.15, -0.1) is 0 Å². The summed E-state index contributed by atoms with van der Waals surface area (Å²) in [5, 5.41) is 0. The van der Waals surface area contributed by atoms with Crippen LogP contribution in [0.15, 0.2) is 0 Å². The topological polar surface area (TPSA) is 997 Å². The van der Waals surface area contributed by atoms with Gasteiger partial charge in [0.2, 0.25) is 135 Å². The van der Waals surface area contributed by atoms with E-state index >= 15 is 0 Å². The van der Waals surface area contributed by atoms with Crippen molar-refractivity contribution in [3.63, 3.8) is 0 Å². The fraction of sp³-hybridized carbons (Fsp3) is 1.00. The van der Waals surface area contributed by atoms with Crippen LogP contribution in [-0.4, -0.2) is 331 Å². The van der Waals surface area contributed by atoms with Crippen molar-refractivity contribution in [1.82, 2.24) is 4.72 Å². The van der Waals surface area contributed by atoms with Crippen LogP contribution < -0.4 is 419 Å². The largest absolute Gasteiger partial charge is 1.00 e. The third kappa shape index (κ3) is 61.1. The third-order valence-electron chi connectivity index (χ3n) is 11.1. The minimum atomic E-state index is -7.26. The van der Waals surface area contributed by atoms with Gasteiger partial charge in [0, 0.05) is 0 Å². The van der Waals surface area contributed by atoms with Crippen molar-refractivity contribution >= 4 is 145 Å². The Morgan fingerprint density at radius 1 is 0.200 bits per heavy atom. The fourth-order valence-electron chi connectivity index (χ4n) is 8.39. The minimum Gasteiger partial charge on any atom is -0.735 e. The maximum Gasteiger partial charge on any atom is 1.00 e. The number of hydrogen-bond donors (Lipinski definition) is 1. The van der Waals surface area contributed by atoms with Crippen molar-refractivity contribution in [2.45, 2.75) is 123 Å². The quantitative estimate of drug-likeness (QED) is 0.0341. The Kier molecular flexibility index (Phi) is 78.1. The summed E-state index contributed by atoms with van der Waals surface area (Å²) >= 11 is 0. The van der Waals surface area contributed by atoms with Gasteiger partial charge in [0.15, 0.2) is 47.5 Å². The summed E-state index contributed by atoms with van der Waals surface area (Å²) in [4.78, 5) is 0. The zero-order chi connectivity index (χ0) is 78.2. The van der Waals surface area contributed by atoms with E-state index in [9.17, 15) is 182 Å². The number of ether oxygens (including phenoxy) is 7. The molecule has 4 aliphatic heterocycles. The van der Waals surface area contributed by atoms with Crippen molar-refractivity contribution in [3.8, 4) is 0 Å². The molecule has 4 heterocycles. The molecule has 600 valence electrons. The molecule has 0 aromatic heterocycles. The predicted octanol–water partition coefficient (Wildman–Crippen LogP) is -59.3. The molecule has 1 N–H and O–H groups in total. The van der Waals surface area contributed by atoms with E-state index in [0.29, 0.717) is 4.72 Å². The Balaban J connectivity index is -0.000000858. The van der Waals surface area contributed by atoms with Gasteiger partial charge in [0.1, 0.15) is 85.6 Å². The van der Waals surface area contributed by atoms with Crippen LogP contribution in [0, 0.1) is 0 Å². The molecule has 63 nitrogen and oxygen atoms in total.